The van der Waals surface area contributed by atoms with Gasteiger partial charge in [-0.3, -0.25) is 14.9 Å². The van der Waals surface area contributed by atoms with Crippen molar-refractivity contribution in [2.24, 2.45) is 0 Å². The SMILES string of the molecule is C[C@@H](OC(=O)/C=C/c1cccc([N+](=O)[O-])c1)C(=O)c1ccc(Cl)cc1. The fourth-order valence-corrected chi connectivity index (χ4v) is 2.15. The first kappa shape index (κ1) is 18.4. The molecule has 0 fully saturated rings. The topological polar surface area (TPSA) is 86.5 Å². The van der Waals surface area contributed by atoms with Crippen LogP contribution in [0.5, 0.6) is 0 Å². The van der Waals surface area contributed by atoms with E-state index in [9.17, 15) is 19.7 Å². The molecule has 0 aromatic heterocycles. The summed E-state index contributed by atoms with van der Waals surface area (Å²) < 4.78 is 5.05. The molecule has 128 valence electrons. The number of hydrogen-bond donors (Lipinski definition) is 0. The molecule has 0 spiro atoms. The predicted molar refractivity (Wildman–Crippen MR) is 93.5 cm³/mol. The highest BCUT2D eigenvalue weighted by atomic mass is 35.5. The van der Waals surface area contributed by atoms with E-state index in [1.165, 1.54) is 31.2 Å². The number of Topliss-reactive ketones (excluding diaryl/α,β-unsaturated/α-hetero) is 1. The zero-order valence-electron chi connectivity index (χ0n) is 13.2. The van der Waals surface area contributed by atoms with Crippen LogP contribution in [0.4, 0.5) is 5.69 Å². The van der Waals surface area contributed by atoms with Crippen LogP contribution in [-0.2, 0) is 9.53 Å². The van der Waals surface area contributed by atoms with E-state index in [1.54, 1.807) is 30.3 Å². The van der Waals surface area contributed by atoms with Gasteiger partial charge in [0.25, 0.3) is 5.69 Å². The third kappa shape index (κ3) is 5.26. The number of carbonyl (C=O) groups is 2. The van der Waals surface area contributed by atoms with Gasteiger partial charge in [0.05, 0.1) is 4.92 Å². The van der Waals surface area contributed by atoms with Crippen molar-refractivity contribution in [2.45, 2.75) is 13.0 Å². The summed E-state index contributed by atoms with van der Waals surface area (Å²) in [6, 6.07) is 12.0. The lowest BCUT2D eigenvalue weighted by Gasteiger charge is -2.10. The molecule has 6 nitrogen and oxygen atoms in total. The van der Waals surface area contributed by atoms with Gasteiger partial charge in [-0.2, -0.15) is 0 Å². The highest BCUT2D eigenvalue weighted by Crippen LogP contribution is 2.15. The second-order valence-corrected chi connectivity index (χ2v) is 5.57. The summed E-state index contributed by atoms with van der Waals surface area (Å²) in [5.74, 6) is -1.07. The van der Waals surface area contributed by atoms with Crippen molar-refractivity contribution in [1.82, 2.24) is 0 Å². The Balaban J connectivity index is 1.99. The van der Waals surface area contributed by atoms with Gasteiger partial charge in [-0.15, -0.1) is 0 Å². The number of benzene rings is 2. The Morgan fingerprint density at radius 1 is 1.20 bits per heavy atom. The molecule has 0 bridgehead atoms. The number of ketones is 1. The lowest BCUT2D eigenvalue weighted by Crippen LogP contribution is -2.23. The maximum absolute atomic E-state index is 12.2. The van der Waals surface area contributed by atoms with E-state index < -0.39 is 17.0 Å². The first-order valence-corrected chi connectivity index (χ1v) is 7.67. The van der Waals surface area contributed by atoms with E-state index in [4.69, 9.17) is 16.3 Å². The van der Waals surface area contributed by atoms with E-state index in [1.807, 2.05) is 0 Å². The van der Waals surface area contributed by atoms with Crippen molar-refractivity contribution in [2.75, 3.05) is 0 Å². The number of esters is 1. The molecule has 0 saturated heterocycles. The molecular formula is C18H14ClNO5. The first-order valence-electron chi connectivity index (χ1n) is 7.30. The number of non-ortho nitro benzene ring substituents is 1. The average molecular weight is 360 g/mol. The van der Waals surface area contributed by atoms with Gasteiger partial charge in [0, 0.05) is 28.8 Å². The molecule has 0 unspecified atom stereocenters. The molecule has 0 N–H and O–H groups in total. The third-order valence-corrected chi connectivity index (χ3v) is 3.54. The molecule has 0 aliphatic heterocycles. The quantitative estimate of drug-likeness (QED) is 0.255. The van der Waals surface area contributed by atoms with Gasteiger partial charge in [-0.1, -0.05) is 23.7 Å². The Bertz CT molecular complexity index is 830. The summed E-state index contributed by atoms with van der Waals surface area (Å²) in [5, 5.41) is 11.2. The molecule has 0 aliphatic rings. The van der Waals surface area contributed by atoms with Crippen LogP contribution >= 0.6 is 11.6 Å². The maximum atomic E-state index is 12.2. The Labute approximate surface area is 148 Å². The number of ether oxygens (including phenoxy) is 1. The van der Waals surface area contributed by atoms with Crippen molar-refractivity contribution >= 4 is 35.1 Å². The molecule has 2 aromatic carbocycles. The van der Waals surface area contributed by atoms with E-state index in [2.05, 4.69) is 0 Å². The summed E-state index contributed by atoms with van der Waals surface area (Å²) in [6.07, 6.45) is 1.53. The van der Waals surface area contributed by atoms with Crippen molar-refractivity contribution in [3.8, 4) is 0 Å². The number of rotatable bonds is 6. The molecule has 2 rings (SSSR count). The number of nitrogens with zero attached hydrogens (tertiary/aromatic N) is 1. The summed E-state index contributed by atoms with van der Waals surface area (Å²) >= 11 is 5.76. The highest BCUT2D eigenvalue weighted by Gasteiger charge is 2.18. The second kappa shape index (κ2) is 8.21. The summed E-state index contributed by atoms with van der Waals surface area (Å²) in [7, 11) is 0. The monoisotopic (exact) mass is 359 g/mol. The Morgan fingerprint density at radius 2 is 1.88 bits per heavy atom. The van der Waals surface area contributed by atoms with Crippen molar-refractivity contribution in [3.63, 3.8) is 0 Å². The largest absolute Gasteiger partial charge is 0.451 e. The molecule has 0 heterocycles. The third-order valence-electron chi connectivity index (χ3n) is 3.28. The molecule has 25 heavy (non-hydrogen) atoms. The minimum Gasteiger partial charge on any atom is -0.451 e. The normalized spacial score (nSPS) is 11.9. The molecule has 7 heteroatoms. The van der Waals surface area contributed by atoms with E-state index in [-0.39, 0.29) is 11.5 Å². The van der Waals surface area contributed by atoms with E-state index in [0.717, 1.165) is 6.08 Å². The average Bonchev–Trinajstić information content (AvgIpc) is 2.60. The van der Waals surface area contributed by atoms with E-state index >= 15 is 0 Å². The van der Waals surface area contributed by atoms with Gasteiger partial charge in [0.2, 0.25) is 5.78 Å². The van der Waals surface area contributed by atoms with Gasteiger partial charge in [-0.05, 0) is 42.8 Å². The number of nitro benzene ring substituents is 1. The molecule has 1 atom stereocenters. The van der Waals surface area contributed by atoms with Gasteiger partial charge < -0.3 is 4.74 Å². The van der Waals surface area contributed by atoms with Crippen LogP contribution in [0.25, 0.3) is 6.08 Å². The van der Waals surface area contributed by atoms with Gasteiger partial charge >= 0.3 is 5.97 Å². The fourth-order valence-electron chi connectivity index (χ4n) is 2.02. The summed E-state index contributed by atoms with van der Waals surface area (Å²) in [4.78, 5) is 34.2. The number of hydrogen-bond acceptors (Lipinski definition) is 5. The Hall–Kier alpha value is -2.99. The lowest BCUT2D eigenvalue weighted by molar-refractivity contribution is -0.384. The van der Waals surface area contributed by atoms with Crippen LogP contribution in [0.15, 0.2) is 54.6 Å². The second-order valence-electron chi connectivity index (χ2n) is 5.14. The molecule has 0 saturated carbocycles. The fraction of sp³-hybridized carbons (Fsp3) is 0.111. The first-order chi connectivity index (χ1) is 11.9. The van der Waals surface area contributed by atoms with E-state index in [0.29, 0.717) is 16.1 Å². The lowest BCUT2D eigenvalue weighted by atomic mass is 10.1. The van der Waals surface area contributed by atoms with Crippen LogP contribution < -0.4 is 0 Å². The maximum Gasteiger partial charge on any atom is 0.331 e. The van der Waals surface area contributed by atoms with Crippen molar-refractivity contribution in [3.05, 3.63) is 80.9 Å². The molecule has 0 aliphatic carbocycles. The minimum absolute atomic E-state index is 0.0817. The van der Waals surface area contributed by atoms with Gasteiger partial charge in [-0.25, -0.2) is 4.79 Å². The summed E-state index contributed by atoms with van der Waals surface area (Å²) in [6.45, 7) is 1.47. The molecule has 0 radical (unpaired) electrons. The standard InChI is InChI=1S/C18H14ClNO5/c1-12(18(22)14-6-8-15(19)9-7-14)25-17(21)10-5-13-3-2-4-16(11-13)20(23)24/h2-12H,1H3/b10-5+/t12-/m1/s1. The van der Waals surface area contributed by atoms with Crippen LogP contribution in [0, 0.1) is 10.1 Å². The van der Waals surface area contributed by atoms with Crippen LogP contribution in [-0.4, -0.2) is 22.8 Å². The van der Waals surface area contributed by atoms with Crippen LogP contribution in [0.1, 0.15) is 22.8 Å². The van der Waals surface area contributed by atoms with Crippen molar-refractivity contribution in [1.29, 1.82) is 0 Å². The Morgan fingerprint density at radius 3 is 2.52 bits per heavy atom. The molecular weight excluding hydrogens is 346 g/mol. The zero-order valence-corrected chi connectivity index (χ0v) is 14.0. The van der Waals surface area contributed by atoms with Gasteiger partial charge in [0.15, 0.2) is 6.10 Å². The highest BCUT2D eigenvalue weighted by molar-refractivity contribution is 6.30. The zero-order chi connectivity index (χ0) is 18.4. The van der Waals surface area contributed by atoms with Crippen LogP contribution in [0.2, 0.25) is 5.02 Å². The smallest absolute Gasteiger partial charge is 0.331 e. The number of carbonyl (C=O) groups excluding carboxylic acids is 2. The molecule has 0 amide bonds. The predicted octanol–water partition coefficient (Wildman–Crippen LogP) is 4.08. The summed E-state index contributed by atoms with van der Waals surface area (Å²) in [5.41, 5.74) is 0.775. The molecule has 2 aromatic rings. The Kier molecular flexibility index (Phi) is 6.03. The number of halogens is 1. The van der Waals surface area contributed by atoms with Crippen molar-refractivity contribution < 1.29 is 19.2 Å². The van der Waals surface area contributed by atoms with Crippen LogP contribution in [0.3, 0.4) is 0 Å². The van der Waals surface area contributed by atoms with Gasteiger partial charge in [0.1, 0.15) is 0 Å². The minimum atomic E-state index is -0.969. The number of nitro groups is 1.